The average Bonchev–Trinajstić information content (AvgIpc) is 2.99. The van der Waals surface area contributed by atoms with E-state index in [4.69, 9.17) is 9.15 Å². The molecule has 0 saturated carbocycles. The molecule has 0 N–H and O–H groups in total. The van der Waals surface area contributed by atoms with Crippen molar-refractivity contribution in [1.82, 2.24) is 4.90 Å². The third kappa shape index (κ3) is 5.93. The van der Waals surface area contributed by atoms with Crippen LogP contribution in [0.4, 0.5) is 5.69 Å². The van der Waals surface area contributed by atoms with E-state index < -0.39 is 9.84 Å². The zero-order chi connectivity index (χ0) is 28.1. The van der Waals surface area contributed by atoms with Gasteiger partial charge in [0.05, 0.1) is 23.9 Å². The molecule has 1 aliphatic heterocycles. The van der Waals surface area contributed by atoms with Crippen LogP contribution in [0.15, 0.2) is 86.9 Å². The first-order valence-electron chi connectivity index (χ1n) is 13.8. The van der Waals surface area contributed by atoms with Gasteiger partial charge in [0.1, 0.15) is 16.4 Å². The van der Waals surface area contributed by atoms with Gasteiger partial charge in [0.25, 0.3) is 0 Å². The van der Waals surface area contributed by atoms with Crippen molar-refractivity contribution in [2.45, 2.75) is 31.1 Å². The number of anilines is 1. The lowest BCUT2D eigenvalue weighted by molar-refractivity contribution is 0.252. The van der Waals surface area contributed by atoms with Gasteiger partial charge in [-0.3, -0.25) is 9.69 Å². The summed E-state index contributed by atoms with van der Waals surface area (Å²) in [5.74, 6) is 1.33. The van der Waals surface area contributed by atoms with Crippen LogP contribution in [-0.2, 0) is 9.84 Å². The third-order valence-corrected chi connectivity index (χ3v) is 9.48. The van der Waals surface area contributed by atoms with Crippen molar-refractivity contribution in [3.05, 3.63) is 88.6 Å². The van der Waals surface area contributed by atoms with Crippen LogP contribution in [0.2, 0.25) is 0 Å². The third-order valence-electron chi connectivity index (χ3n) is 7.67. The summed E-state index contributed by atoms with van der Waals surface area (Å²) in [4.78, 5) is 18.0. The maximum atomic E-state index is 13.4. The standard InChI is InChI=1S/C32H36N2O5S/c1-24-30(35)26-14-11-17-29(32(26)39-31(24)25-12-5-3-6-13-25)40(36,37)23-10-4-9-18-33-19-21-34(22-20-33)27-15-7-8-16-28(27)38-2/h3,5-8,11-17H,4,9-10,18-23H2,1-2H3. The number of piperazine rings is 1. The van der Waals surface area contributed by atoms with E-state index in [0.717, 1.165) is 62.6 Å². The molecular weight excluding hydrogens is 524 g/mol. The second-order valence-electron chi connectivity index (χ2n) is 10.3. The summed E-state index contributed by atoms with van der Waals surface area (Å²) in [5.41, 5.74) is 2.28. The van der Waals surface area contributed by atoms with Crippen LogP contribution in [0.1, 0.15) is 24.8 Å². The van der Waals surface area contributed by atoms with E-state index >= 15 is 0 Å². The van der Waals surface area contributed by atoms with Crippen LogP contribution in [0, 0.1) is 6.92 Å². The Bertz CT molecular complexity index is 1620. The van der Waals surface area contributed by atoms with E-state index in [1.54, 1.807) is 32.2 Å². The maximum absolute atomic E-state index is 13.4. The van der Waals surface area contributed by atoms with E-state index in [1.165, 1.54) is 0 Å². The fourth-order valence-electron chi connectivity index (χ4n) is 5.41. The number of unbranched alkanes of at least 4 members (excludes halogenated alkanes) is 2. The predicted molar refractivity (Wildman–Crippen MR) is 160 cm³/mol. The first-order chi connectivity index (χ1) is 19.4. The molecule has 0 radical (unpaired) electrons. The molecule has 210 valence electrons. The molecule has 1 fully saturated rings. The molecule has 0 aliphatic carbocycles. The molecule has 4 aromatic rings. The Labute approximate surface area is 235 Å². The van der Waals surface area contributed by atoms with Crippen molar-refractivity contribution in [3.63, 3.8) is 0 Å². The Morgan fingerprint density at radius 3 is 2.33 bits per heavy atom. The van der Waals surface area contributed by atoms with Crippen molar-refractivity contribution in [3.8, 4) is 17.1 Å². The van der Waals surface area contributed by atoms with E-state index in [-0.39, 0.29) is 21.7 Å². The maximum Gasteiger partial charge on any atom is 0.196 e. The van der Waals surface area contributed by atoms with Crippen LogP contribution in [0.5, 0.6) is 5.75 Å². The molecule has 40 heavy (non-hydrogen) atoms. The number of rotatable bonds is 10. The molecule has 8 heteroatoms. The van der Waals surface area contributed by atoms with Crippen molar-refractivity contribution in [2.75, 3.05) is 50.5 Å². The van der Waals surface area contributed by atoms with Gasteiger partial charge in [-0.25, -0.2) is 8.42 Å². The molecule has 7 nitrogen and oxygen atoms in total. The van der Waals surface area contributed by atoms with Crippen molar-refractivity contribution in [2.24, 2.45) is 0 Å². The summed E-state index contributed by atoms with van der Waals surface area (Å²) in [7, 11) is -1.93. The highest BCUT2D eigenvalue weighted by atomic mass is 32.2. The Balaban J connectivity index is 1.19. The average molecular weight is 561 g/mol. The molecule has 1 saturated heterocycles. The van der Waals surface area contributed by atoms with Crippen molar-refractivity contribution >= 4 is 26.5 Å². The smallest absolute Gasteiger partial charge is 0.196 e. The number of nitrogens with zero attached hydrogens (tertiary/aromatic N) is 2. The Morgan fingerprint density at radius 2 is 1.57 bits per heavy atom. The van der Waals surface area contributed by atoms with Crippen LogP contribution >= 0.6 is 0 Å². The molecule has 0 amide bonds. The highest BCUT2D eigenvalue weighted by molar-refractivity contribution is 7.91. The monoisotopic (exact) mass is 560 g/mol. The fourth-order valence-corrected chi connectivity index (χ4v) is 6.94. The Morgan fingerprint density at radius 1 is 0.850 bits per heavy atom. The lowest BCUT2D eigenvalue weighted by atomic mass is 10.1. The summed E-state index contributed by atoms with van der Waals surface area (Å²) >= 11 is 0. The zero-order valence-electron chi connectivity index (χ0n) is 23.1. The normalized spacial score (nSPS) is 14.5. The minimum atomic E-state index is -3.63. The van der Waals surface area contributed by atoms with Crippen LogP contribution in [0.25, 0.3) is 22.3 Å². The lowest BCUT2D eigenvalue weighted by Gasteiger charge is -2.36. The van der Waals surface area contributed by atoms with E-state index in [9.17, 15) is 13.2 Å². The van der Waals surface area contributed by atoms with Gasteiger partial charge in [0.2, 0.25) is 0 Å². The summed E-state index contributed by atoms with van der Waals surface area (Å²) in [6.07, 6.45) is 2.31. The summed E-state index contributed by atoms with van der Waals surface area (Å²) < 4.78 is 38.4. The van der Waals surface area contributed by atoms with Gasteiger partial charge < -0.3 is 14.1 Å². The molecule has 5 rings (SSSR count). The number of hydrogen-bond donors (Lipinski definition) is 0. The van der Waals surface area contributed by atoms with Crippen LogP contribution in [-0.4, -0.2) is 58.9 Å². The highest BCUT2D eigenvalue weighted by Gasteiger charge is 2.23. The number of hydrogen-bond acceptors (Lipinski definition) is 7. The van der Waals surface area contributed by atoms with Gasteiger partial charge in [0.15, 0.2) is 20.8 Å². The Hall–Kier alpha value is -3.62. The minimum Gasteiger partial charge on any atom is -0.495 e. The SMILES string of the molecule is COc1ccccc1N1CCN(CCCCCS(=O)(=O)c2cccc3c(=O)c(C)c(-c4ccccc4)oc23)CC1. The number of sulfone groups is 1. The Kier molecular flexibility index (Phi) is 8.57. The molecule has 0 spiro atoms. The molecule has 2 heterocycles. The van der Waals surface area contributed by atoms with Gasteiger partial charge in [-0.05, 0) is 50.6 Å². The van der Waals surface area contributed by atoms with E-state index in [0.29, 0.717) is 23.1 Å². The number of fused-ring (bicyclic) bond motifs is 1. The van der Waals surface area contributed by atoms with Gasteiger partial charge in [-0.2, -0.15) is 0 Å². The molecule has 0 unspecified atom stereocenters. The van der Waals surface area contributed by atoms with Gasteiger partial charge in [-0.15, -0.1) is 0 Å². The van der Waals surface area contributed by atoms with E-state index in [2.05, 4.69) is 15.9 Å². The minimum absolute atomic E-state index is 0.0198. The summed E-state index contributed by atoms with van der Waals surface area (Å²) in [6, 6.07) is 22.2. The molecule has 0 atom stereocenters. The number of benzene rings is 3. The molecular formula is C32H36N2O5S. The first-order valence-corrected chi connectivity index (χ1v) is 15.5. The molecule has 1 aliphatic rings. The van der Waals surface area contributed by atoms with Gasteiger partial charge >= 0.3 is 0 Å². The summed E-state index contributed by atoms with van der Waals surface area (Å²) in [5, 5.41) is 0.297. The number of ether oxygens (including phenoxy) is 1. The molecule has 0 bridgehead atoms. The second kappa shape index (κ2) is 12.3. The topological polar surface area (TPSA) is 80.1 Å². The molecule has 1 aromatic heterocycles. The number of methoxy groups -OCH3 is 1. The summed E-state index contributed by atoms with van der Waals surface area (Å²) in [6.45, 7) is 6.47. The van der Waals surface area contributed by atoms with Crippen LogP contribution in [0.3, 0.4) is 0 Å². The fraction of sp³-hybridized carbons (Fsp3) is 0.344. The quantitative estimate of drug-likeness (QED) is 0.236. The first kappa shape index (κ1) is 27.9. The predicted octanol–water partition coefficient (Wildman–Crippen LogP) is 5.54. The zero-order valence-corrected chi connectivity index (χ0v) is 24.0. The largest absolute Gasteiger partial charge is 0.495 e. The van der Waals surface area contributed by atoms with Crippen molar-refractivity contribution in [1.29, 1.82) is 0 Å². The lowest BCUT2D eigenvalue weighted by Crippen LogP contribution is -2.46. The molecule has 3 aromatic carbocycles. The van der Waals surface area contributed by atoms with Crippen molar-refractivity contribution < 1.29 is 17.6 Å². The number of para-hydroxylation sites is 3. The highest BCUT2D eigenvalue weighted by Crippen LogP contribution is 2.30. The van der Waals surface area contributed by atoms with Crippen LogP contribution < -0.4 is 15.1 Å². The van der Waals surface area contributed by atoms with E-state index in [1.807, 2.05) is 48.5 Å². The second-order valence-corrected chi connectivity index (χ2v) is 12.3. The van der Waals surface area contributed by atoms with Gasteiger partial charge in [0, 0.05) is 37.3 Å². The van der Waals surface area contributed by atoms with Gasteiger partial charge in [-0.1, -0.05) is 55.0 Å².